The maximum Gasteiger partial charge on any atom is 0.141 e. The molecule has 2 nitrogen and oxygen atoms in total. The minimum absolute atomic E-state index is 0.354. The van der Waals surface area contributed by atoms with Crippen LogP contribution in [0.1, 0.15) is 17.2 Å². The van der Waals surface area contributed by atoms with Gasteiger partial charge in [0.15, 0.2) is 0 Å². The summed E-state index contributed by atoms with van der Waals surface area (Å²) in [5.41, 5.74) is 1.01. The molecule has 1 atom stereocenters. The molecule has 0 saturated carbocycles. The third-order valence-electron chi connectivity index (χ3n) is 2.64. The van der Waals surface area contributed by atoms with E-state index in [2.05, 4.69) is 26.2 Å². The number of nitrogens with one attached hydrogen (secondary N) is 1. The van der Waals surface area contributed by atoms with Crippen molar-refractivity contribution in [2.24, 2.45) is 0 Å². The van der Waals surface area contributed by atoms with E-state index < -0.39 is 11.9 Å². The Kier molecular flexibility index (Phi) is 4.04. The van der Waals surface area contributed by atoms with Crippen molar-refractivity contribution in [3.05, 3.63) is 63.9 Å². The Morgan fingerprint density at radius 2 is 2.06 bits per heavy atom. The highest BCUT2D eigenvalue weighted by Crippen LogP contribution is 2.30. The molecule has 0 saturated heterocycles. The van der Waals surface area contributed by atoms with E-state index in [-0.39, 0.29) is 5.82 Å². The predicted octanol–water partition coefficient (Wildman–Crippen LogP) is 3.43. The van der Waals surface area contributed by atoms with Crippen molar-refractivity contribution >= 4 is 15.9 Å². The zero-order valence-electron chi connectivity index (χ0n) is 9.62. The quantitative estimate of drug-likeness (QED) is 0.939. The molecule has 0 spiro atoms. The first-order valence-corrected chi connectivity index (χ1v) is 6.14. The molecule has 18 heavy (non-hydrogen) atoms. The van der Waals surface area contributed by atoms with E-state index in [9.17, 15) is 8.78 Å². The fraction of sp³-hybridized carbons (Fsp3) is 0.154. The lowest BCUT2D eigenvalue weighted by Crippen LogP contribution is -2.20. The van der Waals surface area contributed by atoms with E-state index in [0.29, 0.717) is 15.6 Å². The Morgan fingerprint density at radius 1 is 1.28 bits per heavy atom. The maximum atomic E-state index is 13.9. The fourth-order valence-electron chi connectivity index (χ4n) is 1.85. The molecular weight excluding hydrogens is 302 g/mol. The molecule has 0 aliphatic heterocycles. The standard InChI is InChI=1S/C13H11BrF2N2/c1-17-13(8-5-9(15)7-18-6-8)12-10(14)3-2-4-11(12)16/h2-7,13,17H,1H3. The molecule has 94 valence electrons. The topological polar surface area (TPSA) is 24.9 Å². The summed E-state index contributed by atoms with van der Waals surface area (Å²) in [4.78, 5) is 3.79. The SMILES string of the molecule is CNC(c1cncc(F)c1)c1c(F)cccc1Br. The zero-order chi connectivity index (χ0) is 13.1. The fourth-order valence-corrected chi connectivity index (χ4v) is 2.42. The number of aromatic nitrogens is 1. The Morgan fingerprint density at radius 3 is 2.67 bits per heavy atom. The molecule has 2 rings (SSSR count). The van der Waals surface area contributed by atoms with Crippen LogP contribution in [-0.2, 0) is 0 Å². The second kappa shape index (κ2) is 5.54. The van der Waals surface area contributed by atoms with Gasteiger partial charge < -0.3 is 5.32 Å². The van der Waals surface area contributed by atoms with Crippen molar-refractivity contribution in [3.8, 4) is 0 Å². The van der Waals surface area contributed by atoms with Crippen molar-refractivity contribution in [2.45, 2.75) is 6.04 Å². The highest BCUT2D eigenvalue weighted by atomic mass is 79.9. The summed E-state index contributed by atoms with van der Waals surface area (Å²) < 4.78 is 27.7. The average Bonchev–Trinajstić information content (AvgIpc) is 2.34. The van der Waals surface area contributed by atoms with Gasteiger partial charge in [0, 0.05) is 16.2 Å². The van der Waals surface area contributed by atoms with Crippen LogP contribution in [0.15, 0.2) is 41.1 Å². The first-order chi connectivity index (χ1) is 8.63. The van der Waals surface area contributed by atoms with Crippen LogP contribution in [0, 0.1) is 11.6 Å². The molecule has 0 amide bonds. The summed E-state index contributed by atoms with van der Waals surface area (Å²) in [6.07, 6.45) is 2.63. The number of nitrogens with zero attached hydrogens (tertiary/aromatic N) is 1. The third-order valence-corrected chi connectivity index (χ3v) is 3.33. The van der Waals surface area contributed by atoms with Gasteiger partial charge in [0.05, 0.1) is 12.2 Å². The summed E-state index contributed by atoms with van der Waals surface area (Å²) in [6.45, 7) is 0. The third kappa shape index (κ3) is 2.57. The molecule has 0 radical (unpaired) electrons. The van der Waals surface area contributed by atoms with Crippen molar-refractivity contribution in [1.82, 2.24) is 10.3 Å². The lowest BCUT2D eigenvalue weighted by Gasteiger charge is -2.19. The van der Waals surface area contributed by atoms with Gasteiger partial charge in [0.2, 0.25) is 0 Å². The van der Waals surface area contributed by atoms with Crippen LogP contribution in [-0.4, -0.2) is 12.0 Å². The van der Waals surface area contributed by atoms with Gasteiger partial charge in [-0.1, -0.05) is 22.0 Å². The molecule has 0 aliphatic rings. The number of hydrogen-bond acceptors (Lipinski definition) is 2. The molecular formula is C13H11BrF2N2. The van der Waals surface area contributed by atoms with Crippen LogP contribution < -0.4 is 5.32 Å². The molecule has 0 bridgehead atoms. The molecule has 0 aliphatic carbocycles. The van der Waals surface area contributed by atoms with E-state index in [0.717, 1.165) is 6.20 Å². The number of hydrogen-bond donors (Lipinski definition) is 1. The Labute approximate surface area is 112 Å². The highest BCUT2D eigenvalue weighted by molar-refractivity contribution is 9.10. The summed E-state index contributed by atoms with van der Waals surface area (Å²) >= 11 is 3.31. The summed E-state index contributed by atoms with van der Waals surface area (Å²) in [7, 11) is 1.69. The van der Waals surface area contributed by atoms with Gasteiger partial charge in [-0.3, -0.25) is 4.98 Å². The number of pyridine rings is 1. The van der Waals surface area contributed by atoms with E-state index in [1.54, 1.807) is 19.2 Å². The average molecular weight is 313 g/mol. The Bertz CT molecular complexity index is 540. The van der Waals surface area contributed by atoms with Crippen molar-refractivity contribution < 1.29 is 8.78 Å². The van der Waals surface area contributed by atoms with Crippen molar-refractivity contribution in [3.63, 3.8) is 0 Å². The van der Waals surface area contributed by atoms with Crippen molar-refractivity contribution in [2.75, 3.05) is 7.05 Å². The van der Waals surface area contributed by atoms with Crippen molar-refractivity contribution in [1.29, 1.82) is 0 Å². The molecule has 1 aromatic heterocycles. The minimum Gasteiger partial charge on any atom is -0.309 e. The number of benzene rings is 1. The lowest BCUT2D eigenvalue weighted by atomic mass is 10.00. The van der Waals surface area contributed by atoms with Gasteiger partial charge in [0.25, 0.3) is 0 Å². The smallest absolute Gasteiger partial charge is 0.141 e. The molecule has 1 N–H and O–H groups in total. The Hall–Kier alpha value is -1.33. The monoisotopic (exact) mass is 312 g/mol. The van der Waals surface area contributed by atoms with Crippen LogP contribution in [0.2, 0.25) is 0 Å². The van der Waals surface area contributed by atoms with E-state index >= 15 is 0 Å². The second-order valence-corrected chi connectivity index (χ2v) is 4.65. The molecule has 2 aromatic rings. The number of rotatable bonds is 3. The first kappa shape index (κ1) is 13.1. The van der Waals surface area contributed by atoms with Gasteiger partial charge in [-0.2, -0.15) is 0 Å². The van der Waals surface area contributed by atoms with Crippen LogP contribution in [0.4, 0.5) is 8.78 Å². The van der Waals surface area contributed by atoms with Crippen LogP contribution in [0.5, 0.6) is 0 Å². The lowest BCUT2D eigenvalue weighted by molar-refractivity contribution is 0.567. The minimum atomic E-state index is -0.455. The zero-order valence-corrected chi connectivity index (χ0v) is 11.2. The first-order valence-electron chi connectivity index (χ1n) is 5.35. The van der Waals surface area contributed by atoms with Crippen LogP contribution in [0.25, 0.3) is 0 Å². The van der Waals surface area contributed by atoms with Gasteiger partial charge in [0.1, 0.15) is 11.6 Å². The predicted molar refractivity (Wildman–Crippen MR) is 69.2 cm³/mol. The van der Waals surface area contributed by atoms with E-state index in [1.165, 1.54) is 18.3 Å². The molecule has 1 heterocycles. The van der Waals surface area contributed by atoms with Gasteiger partial charge in [-0.25, -0.2) is 8.78 Å². The second-order valence-electron chi connectivity index (χ2n) is 3.79. The van der Waals surface area contributed by atoms with Gasteiger partial charge >= 0.3 is 0 Å². The van der Waals surface area contributed by atoms with Gasteiger partial charge in [-0.15, -0.1) is 0 Å². The largest absolute Gasteiger partial charge is 0.309 e. The molecule has 1 unspecified atom stereocenters. The van der Waals surface area contributed by atoms with E-state index in [1.807, 2.05) is 0 Å². The summed E-state index contributed by atoms with van der Waals surface area (Å²) in [6, 6.07) is 5.61. The maximum absolute atomic E-state index is 13.9. The van der Waals surface area contributed by atoms with Crippen LogP contribution >= 0.6 is 15.9 Å². The molecule has 5 heteroatoms. The van der Waals surface area contributed by atoms with Gasteiger partial charge in [-0.05, 0) is 30.8 Å². The van der Waals surface area contributed by atoms with E-state index in [4.69, 9.17) is 0 Å². The summed E-state index contributed by atoms with van der Waals surface area (Å²) in [5.74, 6) is -0.798. The van der Waals surface area contributed by atoms with Crippen LogP contribution in [0.3, 0.4) is 0 Å². The molecule has 1 aromatic carbocycles. The molecule has 0 fully saturated rings. The normalized spacial score (nSPS) is 12.4. The highest BCUT2D eigenvalue weighted by Gasteiger charge is 2.19. The number of halogens is 3. The Balaban J connectivity index is 2.52. The summed E-state index contributed by atoms with van der Waals surface area (Å²) in [5, 5.41) is 2.97.